The third-order valence-electron chi connectivity index (χ3n) is 3.23. The lowest BCUT2D eigenvalue weighted by Crippen LogP contribution is -2.52. The predicted octanol–water partition coefficient (Wildman–Crippen LogP) is 3.30. The Hall–Kier alpha value is -0.680. The van der Waals surface area contributed by atoms with E-state index in [0.29, 0.717) is 18.1 Å². The molecule has 2 unspecified atom stereocenters. The van der Waals surface area contributed by atoms with Crippen molar-refractivity contribution in [2.24, 2.45) is 11.3 Å². The molecule has 0 aliphatic heterocycles. The van der Waals surface area contributed by atoms with E-state index in [1.165, 1.54) is 12.1 Å². The Morgan fingerprint density at radius 2 is 2.05 bits per heavy atom. The second-order valence-corrected chi connectivity index (χ2v) is 6.36. The Labute approximate surface area is 125 Å². The van der Waals surface area contributed by atoms with Crippen molar-refractivity contribution >= 4 is 11.6 Å². The first-order valence-corrected chi connectivity index (χ1v) is 7.19. The number of nitrogens with two attached hydrogens (primary N) is 1. The lowest BCUT2D eigenvalue weighted by Gasteiger charge is -2.36. The fourth-order valence-electron chi connectivity index (χ4n) is 2.33. The lowest BCUT2D eigenvalue weighted by molar-refractivity contribution is -0.0356. The van der Waals surface area contributed by atoms with Crippen molar-refractivity contribution in [3.63, 3.8) is 0 Å². The molecule has 0 aliphatic rings. The fraction of sp³-hybridized carbons (Fsp3) is 0.600. The van der Waals surface area contributed by atoms with Crippen LogP contribution in [0, 0.1) is 11.2 Å². The van der Waals surface area contributed by atoms with Crippen molar-refractivity contribution in [3.8, 4) is 0 Å². The van der Waals surface area contributed by atoms with E-state index in [2.05, 4.69) is 26.2 Å². The van der Waals surface area contributed by atoms with E-state index in [1.807, 2.05) is 6.92 Å². The third kappa shape index (κ3) is 4.70. The van der Waals surface area contributed by atoms with E-state index in [-0.39, 0.29) is 23.4 Å². The highest BCUT2D eigenvalue weighted by molar-refractivity contribution is 6.31. The van der Waals surface area contributed by atoms with Crippen molar-refractivity contribution in [2.45, 2.75) is 46.3 Å². The Balaban J connectivity index is 2.94. The van der Waals surface area contributed by atoms with Crippen molar-refractivity contribution in [3.05, 3.63) is 34.6 Å². The number of halogens is 2. The highest BCUT2D eigenvalue weighted by Gasteiger charge is 2.32. The first kappa shape index (κ1) is 17.4. The summed E-state index contributed by atoms with van der Waals surface area (Å²) in [5, 5.41) is 0.411. The largest absolute Gasteiger partial charge is 0.376 e. The molecule has 5 heteroatoms. The Kier molecular flexibility index (Phi) is 6.40. The highest BCUT2D eigenvalue weighted by Crippen LogP contribution is 2.28. The lowest BCUT2D eigenvalue weighted by atomic mass is 9.82. The molecule has 0 saturated carbocycles. The van der Waals surface area contributed by atoms with Gasteiger partial charge < -0.3 is 4.74 Å². The predicted molar refractivity (Wildman–Crippen MR) is 81.1 cm³/mol. The standard InChI is InChI=1S/C15H24ClFN2O/c1-5-20-14(15(2,3)4)13(19-18)8-10-6-7-11(17)9-12(10)16/h6-7,9,13-14,19H,5,8,18H2,1-4H3. The number of benzene rings is 1. The normalized spacial score (nSPS) is 15.2. The molecule has 0 amide bonds. The molecule has 2 atom stereocenters. The van der Waals surface area contributed by atoms with Crippen LogP contribution in [0.4, 0.5) is 4.39 Å². The van der Waals surface area contributed by atoms with E-state index in [4.69, 9.17) is 22.2 Å². The van der Waals surface area contributed by atoms with Gasteiger partial charge >= 0.3 is 0 Å². The van der Waals surface area contributed by atoms with Crippen LogP contribution in [0.5, 0.6) is 0 Å². The van der Waals surface area contributed by atoms with Crippen LogP contribution in [0.25, 0.3) is 0 Å². The molecular formula is C15H24ClFN2O. The van der Waals surface area contributed by atoms with Crippen LogP contribution in [0.1, 0.15) is 33.3 Å². The summed E-state index contributed by atoms with van der Waals surface area (Å²) in [6, 6.07) is 4.31. The summed E-state index contributed by atoms with van der Waals surface area (Å²) < 4.78 is 18.9. The van der Waals surface area contributed by atoms with Gasteiger partial charge in [0.15, 0.2) is 0 Å². The van der Waals surface area contributed by atoms with Crippen molar-refractivity contribution in [1.82, 2.24) is 5.43 Å². The van der Waals surface area contributed by atoms with Crippen LogP contribution in [0.15, 0.2) is 18.2 Å². The van der Waals surface area contributed by atoms with Gasteiger partial charge in [-0.05, 0) is 36.5 Å². The fourth-order valence-corrected chi connectivity index (χ4v) is 2.57. The van der Waals surface area contributed by atoms with E-state index in [9.17, 15) is 4.39 Å². The molecule has 0 aromatic heterocycles. The molecule has 1 rings (SSSR count). The van der Waals surface area contributed by atoms with Gasteiger partial charge in [0, 0.05) is 11.6 Å². The van der Waals surface area contributed by atoms with Gasteiger partial charge in [0.2, 0.25) is 0 Å². The number of hydrazine groups is 1. The zero-order valence-electron chi connectivity index (χ0n) is 12.5. The van der Waals surface area contributed by atoms with Gasteiger partial charge in [-0.15, -0.1) is 0 Å². The van der Waals surface area contributed by atoms with E-state index in [1.54, 1.807) is 6.07 Å². The number of nitrogens with one attached hydrogen (secondary N) is 1. The Morgan fingerprint density at radius 3 is 2.50 bits per heavy atom. The molecular weight excluding hydrogens is 279 g/mol. The molecule has 1 aromatic rings. The van der Waals surface area contributed by atoms with Gasteiger partial charge in [0.25, 0.3) is 0 Å². The van der Waals surface area contributed by atoms with Crippen molar-refractivity contribution in [2.75, 3.05) is 6.61 Å². The maximum atomic E-state index is 13.1. The van der Waals surface area contributed by atoms with Crippen LogP contribution in [-0.4, -0.2) is 18.8 Å². The molecule has 0 fully saturated rings. The molecule has 20 heavy (non-hydrogen) atoms. The van der Waals surface area contributed by atoms with Crippen molar-refractivity contribution in [1.29, 1.82) is 0 Å². The molecule has 0 saturated heterocycles. The summed E-state index contributed by atoms with van der Waals surface area (Å²) in [5.74, 6) is 5.34. The highest BCUT2D eigenvalue weighted by atomic mass is 35.5. The van der Waals surface area contributed by atoms with E-state index >= 15 is 0 Å². The summed E-state index contributed by atoms with van der Waals surface area (Å²) in [4.78, 5) is 0. The minimum Gasteiger partial charge on any atom is -0.376 e. The van der Waals surface area contributed by atoms with Crippen molar-refractivity contribution < 1.29 is 9.13 Å². The molecule has 0 aliphatic carbocycles. The number of hydrogen-bond donors (Lipinski definition) is 2. The van der Waals surface area contributed by atoms with Crippen LogP contribution in [0.3, 0.4) is 0 Å². The number of ether oxygens (including phenoxy) is 1. The average Bonchev–Trinajstić information content (AvgIpc) is 2.34. The topological polar surface area (TPSA) is 47.3 Å². The second-order valence-electron chi connectivity index (χ2n) is 5.95. The summed E-state index contributed by atoms with van der Waals surface area (Å²) >= 11 is 6.08. The minimum absolute atomic E-state index is 0.0699. The number of rotatable bonds is 6. The summed E-state index contributed by atoms with van der Waals surface area (Å²) in [5.41, 5.74) is 3.59. The summed E-state index contributed by atoms with van der Waals surface area (Å²) in [7, 11) is 0. The Morgan fingerprint density at radius 1 is 1.40 bits per heavy atom. The molecule has 0 radical (unpaired) electrons. The van der Waals surface area contributed by atoms with Gasteiger partial charge in [-0.3, -0.25) is 11.3 Å². The monoisotopic (exact) mass is 302 g/mol. The molecule has 0 spiro atoms. The minimum atomic E-state index is -0.340. The SMILES string of the molecule is CCOC(C(Cc1ccc(F)cc1Cl)NN)C(C)(C)C. The molecule has 3 N–H and O–H groups in total. The Bertz CT molecular complexity index is 434. The van der Waals surface area contributed by atoms with Gasteiger partial charge in [-0.1, -0.05) is 38.4 Å². The second kappa shape index (κ2) is 7.36. The van der Waals surface area contributed by atoms with Crippen LogP contribution < -0.4 is 11.3 Å². The summed E-state index contributed by atoms with van der Waals surface area (Å²) in [6.07, 6.45) is 0.510. The smallest absolute Gasteiger partial charge is 0.124 e. The molecule has 0 heterocycles. The summed E-state index contributed by atoms with van der Waals surface area (Å²) in [6.45, 7) is 8.87. The van der Waals surface area contributed by atoms with Crippen LogP contribution in [0.2, 0.25) is 5.02 Å². The molecule has 3 nitrogen and oxygen atoms in total. The molecule has 1 aromatic carbocycles. The van der Waals surface area contributed by atoms with Crippen LogP contribution in [-0.2, 0) is 11.2 Å². The maximum absolute atomic E-state index is 13.1. The average molecular weight is 303 g/mol. The van der Waals surface area contributed by atoms with Gasteiger partial charge in [0.05, 0.1) is 12.1 Å². The first-order chi connectivity index (χ1) is 9.29. The molecule has 114 valence electrons. The van der Waals surface area contributed by atoms with Gasteiger partial charge in [-0.2, -0.15) is 0 Å². The zero-order valence-corrected chi connectivity index (χ0v) is 13.3. The van der Waals surface area contributed by atoms with E-state index in [0.717, 1.165) is 5.56 Å². The molecule has 0 bridgehead atoms. The zero-order chi connectivity index (χ0) is 15.3. The first-order valence-electron chi connectivity index (χ1n) is 6.81. The number of hydrogen-bond acceptors (Lipinski definition) is 3. The van der Waals surface area contributed by atoms with Crippen LogP contribution >= 0.6 is 11.6 Å². The maximum Gasteiger partial charge on any atom is 0.124 e. The van der Waals surface area contributed by atoms with Gasteiger partial charge in [-0.25, -0.2) is 4.39 Å². The van der Waals surface area contributed by atoms with E-state index < -0.39 is 0 Å². The third-order valence-corrected chi connectivity index (χ3v) is 3.59. The quantitative estimate of drug-likeness (QED) is 0.626. The van der Waals surface area contributed by atoms with Gasteiger partial charge in [0.1, 0.15) is 5.82 Å².